The summed E-state index contributed by atoms with van der Waals surface area (Å²) in [6, 6.07) is 18.9. The molecule has 3 aromatic rings. The zero-order valence-electron chi connectivity index (χ0n) is 20.9. The largest absolute Gasteiger partial charge is 0.462 e. The lowest BCUT2D eigenvalue weighted by molar-refractivity contribution is -0.128. The molecule has 2 heterocycles. The topological polar surface area (TPSA) is 107 Å². The van der Waals surface area contributed by atoms with Crippen molar-refractivity contribution in [2.75, 3.05) is 18.7 Å². The molecule has 0 aliphatic carbocycles. The number of esters is 1. The number of rotatable bonds is 8. The van der Waals surface area contributed by atoms with Gasteiger partial charge in [0.2, 0.25) is 18.6 Å². The van der Waals surface area contributed by atoms with Gasteiger partial charge in [-0.05, 0) is 67.1 Å². The Morgan fingerprint density at radius 2 is 1.90 bits per heavy atom. The number of benzene rings is 3. The Morgan fingerprint density at radius 1 is 1.10 bits per heavy atom. The number of nitrogens with zero attached hydrogens (tertiary/aromatic N) is 2. The van der Waals surface area contributed by atoms with E-state index in [-0.39, 0.29) is 38.2 Å². The van der Waals surface area contributed by atoms with Crippen LogP contribution in [0, 0.1) is 0 Å². The second kappa shape index (κ2) is 11.8. The van der Waals surface area contributed by atoms with Crippen LogP contribution < -0.4 is 14.8 Å². The molecule has 1 atom stereocenters. The lowest BCUT2D eigenvalue weighted by Gasteiger charge is -2.17. The maximum atomic E-state index is 13.5. The van der Waals surface area contributed by atoms with E-state index >= 15 is 0 Å². The van der Waals surface area contributed by atoms with Crippen molar-refractivity contribution in [3.05, 3.63) is 82.9 Å². The molecule has 2 aliphatic heterocycles. The maximum absolute atomic E-state index is 13.5. The minimum atomic E-state index is -0.671. The van der Waals surface area contributed by atoms with Gasteiger partial charge in [0.05, 0.1) is 24.4 Å². The van der Waals surface area contributed by atoms with Gasteiger partial charge in [0.15, 0.2) is 16.7 Å². The first-order valence-electron chi connectivity index (χ1n) is 12.2. The number of aliphatic imine (C=N–C) groups is 1. The summed E-state index contributed by atoms with van der Waals surface area (Å²) < 4.78 is 15.9. The molecule has 0 aromatic heterocycles. The highest BCUT2D eigenvalue weighted by atomic mass is 35.5. The number of halogens is 1. The van der Waals surface area contributed by atoms with Crippen molar-refractivity contribution in [2.45, 2.75) is 25.1 Å². The lowest BCUT2D eigenvalue weighted by atomic mass is 10.1. The van der Waals surface area contributed by atoms with Crippen molar-refractivity contribution in [1.29, 1.82) is 0 Å². The summed E-state index contributed by atoms with van der Waals surface area (Å²) in [5.41, 5.74) is 2.33. The van der Waals surface area contributed by atoms with Crippen LogP contribution in [-0.2, 0) is 20.9 Å². The van der Waals surface area contributed by atoms with Crippen LogP contribution in [0.1, 0.15) is 29.3 Å². The third kappa shape index (κ3) is 6.35. The summed E-state index contributed by atoms with van der Waals surface area (Å²) in [6.45, 7) is 2.40. The molecule has 1 fully saturated rings. The van der Waals surface area contributed by atoms with Gasteiger partial charge in [0, 0.05) is 17.1 Å². The molecular weight excluding hydrogens is 542 g/mol. The normalized spacial score (nSPS) is 17.0. The highest BCUT2D eigenvalue weighted by Gasteiger charge is 2.39. The summed E-state index contributed by atoms with van der Waals surface area (Å²) in [5, 5.41) is 3.07. The Kier molecular flexibility index (Phi) is 8.04. The van der Waals surface area contributed by atoms with Gasteiger partial charge in [-0.1, -0.05) is 35.5 Å². The van der Waals surface area contributed by atoms with Crippen molar-refractivity contribution in [3.63, 3.8) is 0 Å². The maximum Gasteiger partial charge on any atom is 0.338 e. The summed E-state index contributed by atoms with van der Waals surface area (Å²) in [4.78, 5) is 44.5. The zero-order valence-corrected chi connectivity index (χ0v) is 22.5. The van der Waals surface area contributed by atoms with E-state index in [1.807, 2.05) is 12.1 Å². The molecule has 0 saturated carbocycles. The number of nitrogens with one attached hydrogen (secondary N) is 1. The molecule has 0 radical (unpaired) electrons. The van der Waals surface area contributed by atoms with Crippen LogP contribution in [0.4, 0.5) is 11.4 Å². The molecule has 9 nitrogen and oxygen atoms in total. The van der Waals surface area contributed by atoms with Crippen LogP contribution in [0.15, 0.2) is 71.7 Å². The third-order valence-electron chi connectivity index (χ3n) is 5.88. The Morgan fingerprint density at radius 3 is 2.67 bits per heavy atom. The van der Waals surface area contributed by atoms with E-state index in [4.69, 9.17) is 25.8 Å². The van der Waals surface area contributed by atoms with Gasteiger partial charge in [-0.15, -0.1) is 0 Å². The number of thioether (sulfide) groups is 1. The highest BCUT2D eigenvalue weighted by molar-refractivity contribution is 8.15. The average molecular weight is 566 g/mol. The number of amides is 2. The van der Waals surface area contributed by atoms with E-state index in [0.29, 0.717) is 38.6 Å². The van der Waals surface area contributed by atoms with E-state index in [1.54, 1.807) is 66.4 Å². The minimum Gasteiger partial charge on any atom is -0.462 e. The number of anilines is 1. The van der Waals surface area contributed by atoms with Crippen LogP contribution in [0.3, 0.4) is 0 Å². The van der Waals surface area contributed by atoms with Crippen LogP contribution in [0.25, 0.3) is 0 Å². The molecule has 0 spiro atoms. The summed E-state index contributed by atoms with van der Waals surface area (Å²) in [6.07, 6.45) is -0.0472. The zero-order chi connectivity index (χ0) is 27.4. The van der Waals surface area contributed by atoms with Gasteiger partial charge in [-0.2, -0.15) is 0 Å². The molecule has 200 valence electrons. The van der Waals surface area contributed by atoms with Gasteiger partial charge in [0.25, 0.3) is 0 Å². The number of hydrogen-bond donors (Lipinski definition) is 1. The first kappa shape index (κ1) is 26.6. The number of carbonyl (C=O) groups excluding carboxylic acids is 3. The number of fused-ring (bicyclic) bond motifs is 1. The standard InChI is InChI=1S/C28H24ClN3O6S/c1-2-36-27(35)18-7-9-20(10-8-18)31-28-32(15-17-6-11-22-23(12-17)38-16-37-22)26(34)24(39-28)14-25(33)30-21-5-3-4-19(29)13-21/h3-13,24H,2,14-16H2,1H3,(H,30,33)/t24-/m1/s1. The van der Waals surface area contributed by atoms with Gasteiger partial charge in [0.1, 0.15) is 5.25 Å². The minimum absolute atomic E-state index is 0.0472. The van der Waals surface area contributed by atoms with Crippen molar-refractivity contribution in [1.82, 2.24) is 4.90 Å². The quantitative estimate of drug-likeness (QED) is 0.364. The highest BCUT2D eigenvalue weighted by Crippen LogP contribution is 2.36. The molecule has 1 saturated heterocycles. The van der Waals surface area contributed by atoms with Gasteiger partial charge in [-0.3, -0.25) is 14.5 Å². The second-order valence-electron chi connectivity index (χ2n) is 8.64. The SMILES string of the molecule is CCOC(=O)c1ccc(N=C2S[C@H](CC(=O)Nc3cccc(Cl)c3)C(=O)N2Cc2ccc3c(c2)OCO3)cc1. The Bertz CT molecular complexity index is 1450. The fourth-order valence-electron chi connectivity index (χ4n) is 4.04. The Balaban J connectivity index is 1.37. The van der Waals surface area contributed by atoms with Gasteiger partial charge >= 0.3 is 5.97 Å². The van der Waals surface area contributed by atoms with E-state index < -0.39 is 11.2 Å². The van der Waals surface area contributed by atoms with Crippen LogP contribution >= 0.6 is 23.4 Å². The molecular formula is C28H24ClN3O6S. The smallest absolute Gasteiger partial charge is 0.338 e. The average Bonchev–Trinajstić information content (AvgIpc) is 3.49. The summed E-state index contributed by atoms with van der Waals surface area (Å²) in [7, 11) is 0. The van der Waals surface area contributed by atoms with Gasteiger partial charge < -0.3 is 19.5 Å². The predicted molar refractivity (Wildman–Crippen MR) is 149 cm³/mol. The van der Waals surface area contributed by atoms with Crippen molar-refractivity contribution in [2.24, 2.45) is 4.99 Å². The molecule has 2 amide bonds. The Hall–Kier alpha value is -4.02. The van der Waals surface area contributed by atoms with Crippen LogP contribution in [-0.4, -0.2) is 46.5 Å². The number of ether oxygens (including phenoxy) is 3. The summed E-state index contributed by atoms with van der Waals surface area (Å²) in [5.74, 6) is 0.286. The number of carbonyl (C=O) groups is 3. The molecule has 3 aromatic carbocycles. The van der Waals surface area contributed by atoms with E-state index in [9.17, 15) is 14.4 Å². The van der Waals surface area contributed by atoms with E-state index in [0.717, 1.165) is 5.56 Å². The van der Waals surface area contributed by atoms with Crippen molar-refractivity contribution in [3.8, 4) is 11.5 Å². The number of amidine groups is 1. The third-order valence-corrected chi connectivity index (χ3v) is 7.29. The fraction of sp³-hybridized carbons (Fsp3) is 0.214. The monoisotopic (exact) mass is 565 g/mol. The van der Waals surface area contributed by atoms with Crippen molar-refractivity contribution >= 4 is 57.7 Å². The molecule has 0 bridgehead atoms. The van der Waals surface area contributed by atoms with E-state index in [1.165, 1.54) is 11.8 Å². The molecule has 2 aliphatic rings. The molecule has 1 N–H and O–H groups in total. The van der Waals surface area contributed by atoms with Gasteiger partial charge in [-0.25, -0.2) is 9.79 Å². The molecule has 0 unspecified atom stereocenters. The molecule has 39 heavy (non-hydrogen) atoms. The summed E-state index contributed by atoms with van der Waals surface area (Å²) >= 11 is 7.24. The first-order valence-corrected chi connectivity index (χ1v) is 13.4. The Labute approximate surface area is 234 Å². The predicted octanol–water partition coefficient (Wildman–Crippen LogP) is 5.41. The van der Waals surface area contributed by atoms with E-state index in [2.05, 4.69) is 10.3 Å². The van der Waals surface area contributed by atoms with Crippen LogP contribution in [0.5, 0.6) is 11.5 Å². The van der Waals surface area contributed by atoms with Crippen LogP contribution in [0.2, 0.25) is 5.02 Å². The molecule has 5 rings (SSSR count). The number of hydrogen-bond acceptors (Lipinski definition) is 8. The second-order valence-corrected chi connectivity index (χ2v) is 10.2. The first-order chi connectivity index (χ1) is 18.9. The van der Waals surface area contributed by atoms with Crippen molar-refractivity contribution < 1.29 is 28.6 Å². The molecule has 11 heteroatoms. The fourth-order valence-corrected chi connectivity index (χ4v) is 5.38. The lowest BCUT2D eigenvalue weighted by Crippen LogP contribution is -2.33.